The number of esters is 1. The largest absolute Gasteiger partial charge is 0.497 e. The summed E-state index contributed by atoms with van der Waals surface area (Å²) in [4.78, 5) is 21.5. The van der Waals surface area contributed by atoms with Crippen LogP contribution in [0.15, 0.2) is 30.0 Å². The van der Waals surface area contributed by atoms with Gasteiger partial charge in [0.1, 0.15) is 5.75 Å². The van der Waals surface area contributed by atoms with E-state index in [4.69, 9.17) is 4.74 Å². The monoisotopic (exact) mass is 236 g/mol. The van der Waals surface area contributed by atoms with Crippen LogP contribution in [0, 0.1) is 0 Å². The van der Waals surface area contributed by atoms with Crippen LogP contribution in [0.1, 0.15) is 5.56 Å². The molecule has 0 saturated heterocycles. The molecule has 0 saturated carbocycles. The second kappa shape index (κ2) is 6.32. The molecule has 5 nitrogen and oxygen atoms in total. The van der Waals surface area contributed by atoms with Gasteiger partial charge in [0, 0.05) is 0 Å². The Morgan fingerprint density at radius 2 is 1.82 bits per heavy atom. The third-order valence-corrected chi connectivity index (χ3v) is 1.98. The Hall–Kier alpha value is -2.30. The molecule has 1 aromatic rings. The topological polar surface area (TPSA) is 61.8 Å². The van der Waals surface area contributed by atoms with E-state index in [1.807, 2.05) is 0 Å². The van der Waals surface area contributed by atoms with Crippen molar-refractivity contribution in [3.63, 3.8) is 0 Å². The Morgan fingerprint density at radius 3 is 2.29 bits per heavy atom. The van der Waals surface area contributed by atoms with E-state index in [1.165, 1.54) is 13.2 Å². The third-order valence-electron chi connectivity index (χ3n) is 1.98. The van der Waals surface area contributed by atoms with Gasteiger partial charge >= 0.3 is 5.97 Å². The number of ether oxygens (including phenoxy) is 3. The number of benzene rings is 1. The van der Waals surface area contributed by atoms with Gasteiger partial charge in [-0.1, -0.05) is 12.1 Å². The van der Waals surface area contributed by atoms with Gasteiger partial charge < -0.3 is 14.2 Å². The SMILES string of the molecule is COC(=O)/C(=C/c1ccc(OC)cc1)OC=O. The maximum absolute atomic E-state index is 11.2. The van der Waals surface area contributed by atoms with Crippen LogP contribution in [0.5, 0.6) is 5.75 Å². The van der Waals surface area contributed by atoms with E-state index in [-0.39, 0.29) is 12.2 Å². The van der Waals surface area contributed by atoms with Crippen LogP contribution >= 0.6 is 0 Å². The van der Waals surface area contributed by atoms with Gasteiger partial charge in [-0.05, 0) is 23.8 Å². The third kappa shape index (κ3) is 3.64. The number of carbonyl (C=O) groups excluding carboxylic acids is 2. The van der Waals surface area contributed by atoms with Crippen LogP contribution in [0.25, 0.3) is 6.08 Å². The summed E-state index contributed by atoms with van der Waals surface area (Å²) in [6.45, 7) is 0.173. The Balaban J connectivity index is 2.95. The zero-order chi connectivity index (χ0) is 12.7. The van der Waals surface area contributed by atoms with Crippen molar-refractivity contribution in [3.05, 3.63) is 35.6 Å². The predicted octanol–water partition coefficient (Wildman–Crippen LogP) is 1.38. The first kappa shape index (κ1) is 12.8. The zero-order valence-corrected chi connectivity index (χ0v) is 9.51. The number of hydrogen-bond acceptors (Lipinski definition) is 5. The normalized spacial score (nSPS) is 10.6. The molecular formula is C12H12O5. The minimum absolute atomic E-state index is 0.173. The number of rotatable bonds is 5. The lowest BCUT2D eigenvalue weighted by molar-refractivity contribution is -0.143. The van der Waals surface area contributed by atoms with Gasteiger partial charge in [-0.25, -0.2) is 4.79 Å². The van der Waals surface area contributed by atoms with Crippen molar-refractivity contribution >= 4 is 18.5 Å². The Bertz CT molecular complexity index is 419. The molecule has 0 heterocycles. The average Bonchev–Trinajstić information content (AvgIpc) is 2.38. The van der Waals surface area contributed by atoms with Gasteiger partial charge in [0.2, 0.25) is 5.76 Å². The summed E-state index contributed by atoms with van der Waals surface area (Å²) in [5.41, 5.74) is 0.688. The summed E-state index contributed by atoms with van der Waals surface area (Å²) < 4.78 is 14.0. The second-order valence-electron chi connectivity index (χ2n) is 2.99. The summed E-state index contributed by atoms with van der Waals surface area (Å²) >= 11 is 0. The van der Waals surface area contributed by atoms with Crippen molar-refractivity contribution in [1.29, 1.82) is 0 Å². The van der Waals surface area contributed by atoms with Crippen LogP contribution in [0.3, 0.4) is 0 Å². The summed E-state index contributed by atoms with van der Waals surface area (Å²) in [7, 11) is 2.76. The molecule has 5 heteroatoms. The van der Waals surface area contributed by atoms with E-state index < -0.39 is 5.97 Å². The van der Waals surface area contributed by atoms with Crippen LogP contribution < -0.4 is 4.74 Å². The molecule has 17 heavy (non-hydrogen) atoms. The molecule has 0 unspecified atom stereocenters. The highest BCUT2D eigenvalue weighted by molar-refractivity contribution is 5.92. The minimum atomic E-state index is -0.715. The molecule has 90 valence electrons. The highest BCUT2D eigenvalue weighted by atomic mass is 16.6. The Labute approximate surface area is 98.6 Å². The quantitative estimate of drug-likeness (QED) is 0.334. The lowest BCUT2D eigenvalue weighted by Gasteiger charge is -2.03. The molecule has 0 radical (unpaired) electrons. The summed E-state index contributed by atoms with van der Waals surface area (Å²) in [5.74, 6) is -0.196. The fourth-order valence-corrected chi connectivity index (χ4v) is 1.14. The summed E-state index contributed by atoms with van der Waals surface area (Å²) in [6.07, 6.45) is 1.40. The van der Waals surface area contributed by atoms with Gasteiger partial charge in [-0.15, -0.1) is 0 Å². The van der Waals surface area contributed by atoms with Gasteiger partial charge in [0.05, 0.1) is 14.2 Å². The van der Waals surface area contributed by atoms with E-state index >= 15 is 0 Å². The number of hydrogen-bond donors (Lipinski definition) is 0. The highest BCUT2D eigenvalue weighted by Gasteiger charge is 2.10. The molecule has 1 aromatic carbocycles. The smallest absolute Gasteiger partial charge is 0.374 e. The van der Waals surface area contributed by atoms with Gasteiger partial charge in [-0.3, -0.25) is 4.79 Å². The average molecular weight is 236 g/mol. The lowest BCUT2D eigenvalue weighted by Crippen LogP contribution is -2.07. The first-order valence-corrected chi connectivity index (χ1v) is 4.75. The zero-order valence-electron chi connectivity index (χ0n) is 9.51. The molecule has 0 aliphatic carbocycles. The van der Waals surface area contributed by atoms with Crippen molar-refractivity contribution in [2.45, 2.75) is 0 Å². The van der Waals surface area contributed by atoms with E-state index in [0.717, 1.165) is 0 Å². The molecule has 0 amide bonds. The molecule has 1 rings (SSSR count). The highest BCUT2D eigenvalue weighted by Crippen LogP contribution is 2.14. The molecule has 0 bridgehead atoms. The fourth-order valence-electron chi connectivity index (χ4n) is 1.14. The number of carbonyl (C=O) groups is 2. The predicted molar refractivity (Wildman–Crippen MR) is 60.1 cm³/mol. The molecule has 0 aliphatic heterocycles. The van der Waals surface area contributed by atoms with Crippen molar-refractivity contribution in [2.24, 2.45) is 0 Å². The van der Waals surface area contributed by atoms with Gasteiger partial charge in [0.25, 0.3) is 6.47 Å². The molecule has 0 spiro atoms. The Morgan fingerprint density at radius 1 is 1.18 bits per heavy atom. The Kier molecular flexibility index (Phi) is 4.75. The lowest BCUT2D eigenvalue weighted by atomic mass is 10.2. The first-order valence-electron chi connectivity index (χ1n) is 4.75. The van der Waals surface area contributed by atoms with Crippen molar-refractivity contribution in [1.82, 2.24) is 0 Å². The standard InChI is InChI=1S/C12H12O5/c1-15-10-5-3-9(4-6-10)7-11(17-8-13)12(14)16-2/h3-8H,1-2H3/b11-7-. The van der Waals surface area contributed by atoms with E-state index in [2.05, 4.69) is 9.47 Å². The first-order chi connectivity index (χ1) is 8.21. The van der Waals surface area contributed by atoms with E-state index in [0.29, 0.717) is 11.3 Å². The summed E-state index contributed by atoms with van der Waals surface area (Å²) in [6, 6.07) is 6.88. The molecule has 0 atom stereocenters. The van der Waals surface area contributed by atoms with Crippen LogP contribution in [-0.2, 0) is 19.1 Å². The van der Waals surface area contributed by atoms with Crippen LogP contribution in [0.4, 0.5) is 0 Å². The van der Waals surface area contributed by atoms with Crippen molar-refractivity contribution < 1.29 is 23.8 Å². The van der Waals surface area contributed by atoms with Crippen molar-refractivity contribution in [2.75, 3.05) is 14.2 Å². The molecule has 0 aliphatic rings. The molecule has 0 fully saturated rings. The van der Waals surface area contributed by atoms with Crippen molar-refractivity contribution in [3.8, 4) is 5.75 Å². The van der Waals surface area contributed by atoms with Crippen LogP contribution in [-0.4, -0.2) is 26.7 Å². The molecule has 0 N–H and O–H groups in total. The van der Waals surface area contributed by atoms with Gasteiger partial charge in [-0.2, -0.15) is 0 Å². The van der Waals surface area contributed by atoms with Crippen LogP contribution in [0.2, 0.25) is 0 Å². The van der Waals surface area contributed by atoms with E-state index in [1.54, 1.807) is 31.4 Å². The minimum Gasteiger partial charge on any atom is -0.497 e. The molecular weight excluding hydrogens is 224 g/mol. The maximum Gasteiger partial charge on any atom is 0.374 e. The second-order valence-corrected chi connectivity index (χ2v) is 2.99. The molecule has 0 aromatic heterocycles. The summed E-state index contributed by atoms with van der Waals surface area (Å²) in [5, 5.41) is 0. The van der Waals surface area contributed by atoms with Gasteiger partial charge in [0.15, 0.2) is 0 Å². The fraction of sp³-hybridized carbons (Fsp3) is 0.167. The maximum atomic E-state index is 11.2. The van der Waals surface area contributed by atoms with E-state index in [9.17, 15) is 9.59 Å². The number of methoxy groups -OCH3 is 2.